The lowest BCUT2D eigenvalue weighted by Crippen LogP contribution is -2.36. The number of carbonyl (C=O) groups excluding carboxylic acids is 1. The Morgan fingerprint density at radius 1 is 1.27 bits per heavy atom. The summed E-state index contributed by atoms with van der Waals surface area (Å²) in [7, 11) is 0. The number of nitrogens with zero attached hydrogens (tertiary/aromatic N) is 4. The molecule has 0 spiro atoms. The third kappa shape index (κ3) is 5.53. The number of rotatable bonds is 10. The molecule has 0 unspecified atom stereocenters. The maximum Gasteiger partial charge on any atom is 0.320 e. The molecular formula is C24H31N5O4. The average molecular weight is 454 g/mol. The van der Waals surface area contributed by atoms with Gasteiger partial charge in [-0.25, -0.2) is 9.78 Å². The van der Waals surface area contributed by atoms with Crippen molar-refractivity contribution in [1.82, 2.24) is 19.8 Å². The van der Waals surface area contributed by atoms with Crippen molar-refractivity contribution >= 4 is 17.8 Å². The van der Waals surface area contributed by atoms with Gasteiger partial charge in [-0.3, -0.25) is 9.78 Å². The fourth-order valence-electron chi connectivity index (χ4n) is 4.39. The van der Waals surface area contributed by atoms with Gasteiger partial charge in [-0.15, -0.1) is 0 Å². The first-order valence-electron chi connectivity index (χ1n) is 11.6. The van der Waals surface area contributed by atoms with Gasteiger partial charge in [-0.2, -0.15) is 0 Å². The van der Waals surface area contributed by atoms with Crippen molar-refractivity contribution in [2.75, 3.05) is 44.6 Å². The van der Waals surface area contributed by atoms with Gasteiger partial charge in [-0.1, -0.05) is 6.07 Å². The summed E-state index contributed by atoms with van der Waals surface area (Å²) in [6.45, 7) is 5.15. The third-order valence-corrected chi connectivity index (χ3v) is 6.14. The van der Waals surface area contributed by atoms with Crippen molar-refractivity contribution in [3.63, 3.8) is 0 Å². The highest BCUT2D eigenvalue weighted by Crippen LogP contribution is 2.24. The van der Waals surface area contributed by atoms with E-state index in [1.807, 2.05) is 6.92 Å². The molecule has 9 heteroatoms. The number of nitrogens with one attached hydrogen (secondary N) is 1. The van der Waals surface area contributed by atoms with Gasteiger partial charge in [0.15, 0.2) is 0 Å². The zero-order valence-corrected chi connectivity index (χ0v) is 19.0. The molecule has 2 aromatic rings. The van der Waals surface area contributed by atoms with E-state index in [9.17, 15) is 14.7 Å². The molecule has 1 fully saturated rings. The van der Waals surface area contributed by atoms with Crippen molar-refractivity contribution in [3.05, 3.63) is 47.4 Å². The topological polar surface area (TPSA) is 108 Å². The van der Waals surface area contributed by atoms with Crippen LogP contribution in [0.4, 0.5) is 10.6 Å². The minimum absolute atomic E-state index is 0.111. The molecule has 2 aromatic heterocycles. The van der Waals surface area contributed by atoms with E-state index in [1.165, 1.54) is 11.8 Å². The van der Waals surface area contributed by atoms with Gasteiger partial charge in [0.1, 0.15) is 17.5 Å². The summed E-state index contributed by atoms with van der Waals surface area (Å²) < 4.78 is 5.44. The van der Waals surface area contributed by atoms with E-state index in [4.69, 9.17) is 9.72 Å². The average Bonchev–Trinajstić information content (AvgIpc) is 3.16. The van der Waals surface area contributed by atoms with Crippen LogP contribution in [0.5, 0.6) is 5.75 Å². The summed E-state index contributed by atoms with van der Waals surface area (Å²) >= 11 is 0. The van der Waals surface area contributed by atoms with Crippen LogP contribution in [-0.2, 0) is 17.6 Å². The minimum atomic E-state index is -0.983. The number of carboxylic acids is 1. The summed E-state index contributed by atoms with van der Waals surface area (Å²) in [5.41, 5.74) is 2.83. The molecule has 0 aromatic carbocycles. The Hall–Kier alpha value is -3.36. The number of pyridine rings is 2. The van der Waals surface area contributed by atoms with Gasteiger partial charge in [-0.05, 0) is 55.9 Å². The third-order valence-electron chi connectivity index (χ3n) is 6.14. The minimum Gasteiger partial charge on any atom is -0.492 e. The predicted molar refractivity (Wildman–Crippen MR) is 124 cm³/mol. The van der Waals surface area contributed by atoms with Crippen molar-refractivity contribution < 1.29 is 19.4 Å². The first kappa shape index (κ1) is 22.8. The molecule has 2 amide bonds. The van der Waals surface area contributed by atoms with Gasteiger partial charge in [0.05, 0.1) is 12.8 Å². The van der Waals surface area contributed by atoms with Gasteiger partial charge in [0, 0.05) is 44.6 Å². The van der Waals surface area contributed by atoms with Crippen LogP contribution in [0, 0.1) is 0 Å². The summed E-state index contributed by atoms with van der Waals surface area (Å²) in [6, 6.07) is 5.80. The zero-order valence-electron chi connectivity index (χ0n) is 19.0. The fraction of sp³-hybridized carbons (Fsp3) is 0.500. The number of aryl methyl sites for hydroxylation is 2. The van der Waals surface area contributed by atoms with Crippen LogP contribution in [0.15, 0.2) is 30.6 Å². The number of amides is 2. The molecule has 1 saturated heterocycles. The van der Waals surface area contributed by atoms with Crippen LogP contribution >= 0.6 is 0 Å². The standard InChI is InChI=1S/C24H31N5O4/c1-2-33-20-13-18(14-25-15-20)21(23(30)31)16-29-12-11-28(24(29)32)10-4-6-19-8-7-17-5-3-9-26-22(17)27-19/h7-8,13-15,21H,2-6,9-12,16H2,1H3,(H,26,27)(H,30,31)/t21-/m1/s1. The SMILES string of the molecule is CCOc1cncc([C@@H](CN2CCN(CCCc3ccc4c(n3)NCCC4)C2=O)C(=O)O)c1. The van der Waals surface area contributed by atoms with Crippen LogP contribution in [-0.4, -0.2) is 76.2 Å². The second kappa shape index (κ2) is 10.5. The van der Waals surface area contributed by atoms with Crippen LogP contribution in [0.25, 0.3) is 0 Å². The maximum atomic E-state index is 12.9. The lowest BCUT2D eigenvalue weighted by Gasteiger charge is -2.22. The van der Waals surface area contributed by atoms with E-state index in [1.54, 1.807) is 22.1 Å². The number of anilines is 1. The van der Waals surface area contributed by atoms with Crippen LogP contribution in [0.2, 0.25) is 0 Å². The summed E-state index contributed by atoms with van der Waals surface area (Å²) in [5.74, 6) is -0.316. The molecule has 0 aliphatic carbocycles. The molecule has 2 aliphatic heterocycles. The molecule has 9 nitrogen and oxygen atoms in total. The van der Waals surface area contributed by atoms with E-state index in [-0.39, 0.29) is 12.6 Å². The number of hydrogen-bond acceptors (Lipinski definition) is 6. The number of carbonyl (C=O) groups is 2. The molecular weight excluding hydrogens is 422 g/mol. The number of fused-ring (bicyclic) bond motifs is 1. The maximum absolute atomic E-state index is 12.9. The van der Waals surface area contributed by atoms with E-state index in [0.717, 1.165) is 43.7 Å². The monoisotopic (exact) mass is 453 g/mol. The molecule has 1 atom stereocenters. The lowest BCUT2D eigenvalue weighted by molar-refractivity contribution is -0.139. The van der Waals surface area contributed by atoms with Gasteiger partial charge in [0.25, 0.3) is 0 Å². The van der Waals surface area contributed by atoms with E-state index < -0.39 is 11.9 Å². The van der Waals surface area contributed by atoms with Crippen molar-refractivity contribution in [1.29, 1.82) is 0 Å². The predicted octanol–water partition coefficient (Wildman–Crippen LogP) is 2.77. The quantitative estimate of drug-likeness (QED) is 0.569. The van der Waals surface area contributed by atoms with Crippen LogP contribution < -0.4 is 10.1 Å². The molecule has 176 valence electrons. The normalized spacial score (nSPS) is 16.3. The molecule has 2 aliphatic rings. The number of aromatic nitrogens is 2. The first-order valence-corrected chi connectivity index (χ1v) is 11.6. The number of aliphatic carboxylic acids is 1. The summed E-state index contributed by atoms with van der Waals surface area (Å²) in [6.07, 6.45) is 6.90. The van der Waals surface area contributed by atoms with E-state index >= 15 is 0 Å². The highest BCUT2D eigenvalue weighted by molar-refractivity contribution is 5.80. The number of urea groups is 1. The number of hydrogen-bond donors (Lipinski definition) is 2. The molecule has 4 rings (SSSR count). The van der Waals surface area contributed by atoms with Crippen molar-refractivity contribution in [3.8, 4) is 5.75 Å². The first-order chi connectivity index (χ1) is 16.0. The van der Waals surface area contributed by atoms with Gasteiger partial charge < -0.3 is 25.0 Å². The van der Waals surface area contributed by atoms with Crippen molar-refractivity contribution in [2.24, 2.45) is 0 Å². The Kier molecular flexibility index (Phi) is 7.26. The highest BCUT2D eigenvalue weighted by Gasteiger charge is 2.33. The Labute approximate surface area is 193 Å². The number of carboxylic acid groups (broad SMARTS) is 1. The Morgan fingerprint density at radius 3 is 2.94 bits per heavy atom. The second-order valence-corrected chi connectivity index (χ2v) is 8.44. The number of ether oxygens (including phenoxy) is 1. The van der Waals surface area contributed by atoms with E-state index in [2.05, 4.69) is 22.4 Å². The molecule has 33 heavy (non-hydrogen) atoms. The molecule has 0 saturated carbocycles. The second-order valence-electron chi connectivity index (χ2n) is 8.44. The Morgan fingerprint density at radius 2 is 2.12 bits per heavy atom. The fourth-order valence-corrected chi connectivity index (χ4v) is 4.39. The molecule has 0 radical (unpaired) electrons. The summed E-state index contributed by atoms with van der Waals surface area (Å²) in [5, 5.41) is 13.1. The lowest BCUT2D eigenvalue weighted by atomic mass is 10.0. The Balaban J connectivity index is 1.31. The van der Waals surface area contributed by atoms with Crippen LogP contribution in [0.1, 0.15) is 42.5 Å². The van der Waals surface area contributed by atoms with Gasteiger partial charge >= 0.3 is 12.0 Å². The van der Waals surface area contributed by atoms with Gasteiger partial charge in [0.2, 0.25) is 0 Å². The summed E-state index contributed by atoms with van der Waals surface area (Å²) in [4.78, 5) is 37.1. The van der Waals surface area contributed by atoms with E-state index in [0.29, 0.717) is 37.6 Å². The van der Waals surface area contributed by atoms with Crippen molar-refractivity contribution in [2.45, 2.75) is 38.5 Å². The van der Waals surface area contributed by atoms with Crippen LogP contribution in [0.3, 0.4) is 0 Å². The molecule has 2 N–H and O–H groups in total. The highest BCUT2D eigenvalue weighted by atomic mass is 16.5. The Bertz CT molecular complexity index is 999. The molecule has 4 heterocycles. The largest absolute Gasteiger partial charge is 0.492 e. The smallest absolute Gasteiger partial charge is 0.320 e. The zero-order chi connectivity index (χ0) is 23.2. The molecule has 0 bridgehead atoms.